The first kappa shape index (κ1) is 14.7. The molecule has 0 atom stereocenters. The maximum atomic E-state index is 10.8. The van der Waals surface area contributed by atoms with Gasteiger partial charge < -0.3 is 10.4 Å². The normalized spacial score (nSPS) is 10.1. The largest absolute Gasteiger partial charge is 0.478 e. The number of nitro benzene ring substituents is 1. The second-order valence-corrected chi connectivity index (χ2v) is 4.55. The van der Waals surface area contributed by atoms with E-state index in [9.17, 15) is 14.9 Å². The van der Waals surface area contributed by atoms with E-state index in [-0.39, 0.29) is 22.8 Å². The molecule has 8 heteroatoms. The maximum Gasteiger partial charge on any atom is 0.337 e. The summed E-state index contributed by atoms with van der Waals surface area (Å²) in [7, 11) is 0. The van der Waals surface area contributed by atoms with Gasteiger partial charge in [0, 0.05) is 24.9 Å². The van der Waals surface area contributed by atoms with Gasteiger partial charge in [-0.1, -0.05) is 23.7 Å². The number of hydrogen-bond donors (Lipinski definition) is 2. The lowest BCUT2D eigenvalue weighted by molar-refractivity contribution is -0.384. The van der Waals surface area contributed by atoms with E-state index in [0.717, 1.165) is 0 Å². The van der Waals surface area contributed by atoms with Crippen LogP contribution in [0, 0.1) is 10.1 Å². The smallest absolute Gasteiger partial charge is 0.337 e. The van der Waals surface area contributed by atoms with E-state index in [1.165, 1.54) is 24.4 Å². The van der Waals surface area contributed by atoms with Gasteiger partial charge in [-0.15, -0.1) is 0 Å². The fourth-order valence-corrected chi connectivity index (χ4v) is 1.88. The third-order valence-corrected chi connectivity index (χ3v) is 2.96. The van der Waals surface area contributed by atoms with Crippen molar-refractivity contribution in [1.29, 1.82) is 0 Å². The molecule has 7 nitrogen and oxygen atoms in total. The van der Waals surface area contributed by atoms with E-state index in [2.05, 4.69) is 10.3 Å². The number of nitrogens with one attached hydrogen (secondary N) is 1. The van der Waals surface area contributed by atoms with Crippen molar-refractivity contribution in [2.75, 3.05) is 5.32 Å². The van der Waals surface area contributed by atoms with Crippen LogP contribution in [0.3, 0.4) is 0 Å². The number of pyridine rings is 1. The molecule has 1 heterocycles. The van der Waals surface area contributed by atoms with Gasteiger partial charge in [-0.25, -0.2) is 9.78 Å². The summed E-state index contributed by atoms with van der Waals surface area (Å²) >= 11 is 5.92. The molecule has 0 radical (unpaired) electrons. The van der Waals surface area contributed by atoms with Gasteiger partial charge in [0.2, 0.25) is 0 Å². The molecule has 0 unspecified atom stereocenters. The summed E-state index contributed by atoms with van der Waals surface area (Å²) < 4.78 is 0. The minimum Gasteiger partial charge on any atom is -0.478 e. The number of benzene rings is 1. The first-order valence-electron chi connectivity index (χ1n) is 5.83. The van der Waals surface area contributed by atoms with Crippen molar-refractivity contribution < 1.29 is 14.8 Å². The number of nitrogens with zero attached hydrogens (tertiary/aromatic N) is 2. The minimum atomic E-state index is -1.12. The minimum absolute atomic E-state index is 0.00502. The van der Waals surface area contributed by atoms with Crippen LogP contribution in [0.25, 0.3) is 0 Å². The van der Waals surface area contributed by atoms with Crippen LogP contribution in [-0.2, 0) is 6.54 Å². The van der Waals surface area contributed by atoms with Crippen molar-refractivity contribution in [3.05, 3.63) is 62.8 Å². The predicted octanol–water partition coefficient (Wildman–Crippen LogP) is 2.95. The molecule has 0 bridgehead atoms. The average Bonchev–Trinajstić information content (AvgIpc) is 2.46. The number of hydrogen-bond acceptors (Lipinski definition) is 5. The molecule has 21 heavy (non-hydrogen) atoms. The number of aromatic carboxylic acids is 1. The van der Waals surface area contributed by atoms with Crippen LogP contribution in [0.15, 0.2) is 36.5 Å². The molecule has 0 saturated carbocycles. The zero-order chi connectivity index (χ0) is 15.4. The van der Waals surface area contributed by atoms with Crippen molar-refractivity contribution in [3.63, 3.8) is 0 Å². The second-order valence-electron chi connectivity index (χ2n) is 4.14. The molecule has 0 fully saturated rings. The first-order valence-corrected chi connectivity index (χ1v) is 6.21. The van der Waals surface area contributed by atoms with Gasteiger partial charge >= 0.3 is 5.97 Å². The number of aromatic nitrogens is 1. The predicted molar refractivity (Wildman–Crippen MR) is 76.6 cm³/mol. The first-order chi connectivity index (χ1) is 9.97. The van der Waals surface area contributed by atoms with Crippen LogP contribution in [0.2, 0.25) is 5.02 Å². The number of anilines is 1. The number of carbonyl (C=O) groups is 1. The molecule has 0 spiro atoms. The molecule has 0 aliphatic carbocycles. The van der Waals surface area contributed by atoms with E-state index in [0.29, 0.717) is 11.4 Å². The molecule has 108 valence electrons. The number of carboxylic acids is 1. The molecule has 2 rings (SSSR count). The Morgan fingerprint density at radius 1 is 1.43 bits per heavy atom. The van der Waals surface area contributed by atoms with Crippen LogP contribution in [0.4, 0.5) is 11.5 Å². The van der Waals surface area contributed by atoms with Crippen LogP contribution in [0.5, 0.6) is 0 Å². The molecule has 0 saturated heterocycles. The summed E-state index contributed by atoms with van der Waals surface area (Å²) in [5.41, 5.74) is 0.667. The Labute approximate surface area is 124 Å². The monoisotopic (exact) mass is 307 g/mol. The van der Waals surface area contributed by atoms with Crippen LogP contribution in [-0.4, -0.2) is 21.0 Å². The Kier molecular flexibility index (Phi) is 4.34. The van der Waals surface area contributed by atoms with Gasteiger partial charge in [-0.2, -0.15) is 0 Å². The van der Waals surface area contributed by atoms with Crippen LogP contribution < -0.4 is 5.32 Å². The molecule has 2 N–H and O–H groups in total. The molecular weight excluding hydrogens is 298 g/mol. The lowest BCUT2D eigenvalue weighted by atomic mass is 10.2. The van der Waals surface area contributed by atoms with Crippen LogP contribution >= 0.6 is 11.6 Å². The number of nitro groups is 1. The molecule has 1 aromatic carbocycles. The Hall–Kier alpha value is -2.67. The summed E-state index contributed by atoms with van der Waals surface area (Å²) in [5, 5.41) is 22.6. The Morgan fingerprint density at radius 3 is 2.81 bits per heavy atom. The third-order valence-electron chi connectivity index (χ3n) is 2.67. The number of carboxylic acid groups (broad SMARTS) is 1. The summed E-state index contributed by atoms with van der Waals surface area (Å²) in [6.07, 6.45) is 1.18. The zero-order valence-corrected chi connectivity index (χ0v) is 11.4. The Balaban J connectivity index is 2.11. The number of non-ortho nitro benzene ring substituents is 1. The van der Waals surface area contributed by atoms with Gasteiger partial charge in [-0.3, -0.25) is 10.1 Å². The molecule has 2 aromatic rings. The summed E-state index contributed by atoms with van der Waals surface area (Å²) in [6, 6.07) is 7.42. The quantitative estimate of drug-likeness (QED) is 0.650. The highest BCUT2D eigenvalue weighted by atomic mass is 35.5. The molecular formula is C13H10ClN3O4. The molecule has 0 aliphatic heterocycles. The van der Waals surface area contributed by atoms with Gasteiger partial charge in [0.1, 0.15) is 5.82 Å². The highest BCUT2D eigenvalue weighted by Gasteiger charge is 2.09. The Morgan fingerprint density at radius 2 is 2.19 bits per heavy atom. The van der Waals surface area contributed by atoms with Crippen molar-refractivity contribution in [1.82, 2.24) is 4.98 Å². The molecule has 0 aliphatic rings. The van der Waals surface area contributed by atoms with Crippen molar-refractivity contribution in [2.24, 2.45) is 0 Å². The van der Waals surface area contributed by atoms with Gasteiger partial charge in [0.05, 0.1) is 15.5 Å². The number of rotatable bonds is 5. The summed E-state index contributed by atoms with van der Waals surface area (Å²) in [5.74, 6) is -0.803. The highest BCUT2D eigenvalue weighted by Crippen LogP contribution is 2.21. The lowest BCUT2D eigenvalue weighted by Crippen LogP contribution is -2.04. The topological polar surface area (TPSA) is 105 Å². The maximum absolute atomic E-state index is 10.8. The van der Waals surface area contributed by atoms with Gasteiger partial charge in [-0.05, 0) is 11.6 Å². The Bertz CT molecular complexity index is 706. The molecule has 0 amide bonds. The zero-order valence-electron chi connectivity index (χ0n) is 10.6. The lowest BCUT2D eigenvalue weighted by Gasteiger charge is -2.08. The third kappa shape index (κ3) is 3.67. The van der Waals surface area contributed by atoms with E-state index in [1.54, 1.807) is 12.1 Å². The SMILES string of the molecule is O=C(O)c1cnc(NCc2cccc([N+](=O)[O-])c2)c(Cl)c1. The molecule has 1 aromatic heterocycles. The van der Waals surface area contributed by atoms with E-state index >= 15 is 0 Å². The van der Waals surface area contributed by atoms with E-state index < -0.39 is 10.9 Å². The van der Waals surface area contributed by atoms with Crippen molar-refractivity contribution in [2.45, 2.75) is 6.54 Å². The average molecular weight is 308 g/mol. The standard InChI is InChI=1S/C13H10ClN3O4/c14-11-5-9(13(18)19)7-16-12(11)15-6-8-2-1-3-10(4-8)17(20)21/h1-5,7H,6H2,(H,15,16)(H,18,19). The summed E-state index contributed by atoms with van der Waals surface area (Å²) in [4.78, 5) is 24.9. The van der Waals surface area contributed by atoms with Crippen molar-refractivity contribution >= 4 is 29.1 Å². The van der Waals surface area contributed by atoms with E-state index in [4.69, 9.17) is 16.7 Å². The van der Waals surface area contributed by atoms with Crippen LogP contribution in [0.1, 0.15) is 15.9 Å². The van der Waals surface area contributed by atoms with Crippen molar-refractivity contribution in [3.8, 4) is 0 Å². The van der Waals surface area contributed by atoms with Gasteiger partial charge in [0.15, 0.2) is 0 Å². The fourth-order valence-electron chi connectivity index (χ4n) is 1.65. The van der Waals surface area contributed by atoms with E-state index in [1.807, 2.05) is 0 Å². The number of halogens is 1. The summed E-state index contributed by atoms with van der Waals surface area (Å²) in [6.45, 7) is 0.279. The highest BCUT2D eigenvalue weighted by molar-refractivity contribution is 6.33. The fraction of sp³-hybridized carbons (Fsp3) is 0.0769. The van der Waals surface area contributed by atoms with Gasteiger partial charge in [0.25, 0.3) is 5.69 Å². The second kappa shape index (κ2) is 6.19.